The van der Waals surface area contributed by atoms with E-state index >= 15 is 0 Å². The Morgan fingerprint density at radius 1 is 0.741 bits per heavy atom. The molecule has 3 aromatic carbocycles. The predicted molar refractivity (Wildman–Crippen MR) is 109 cm³/mol. The van der Waals surface area contributed by atoms with Crippen LogP contribution in [0.5, 0.6) is 5.75 Å². The average Bonchev–Trinajstić information content (AvgIpc) is 2.59. The van der Waals surface area contributed by atoms with E-state index in [1.807, 2.05) is 76.2 Å². The molecule has 0 unspecified atom stereocenters. The van der Waals surface area contributed by atoms with Gasteiger partial charge in [0.1, 0.15) is 5.75 Å². The van der Waals surface area contributed by atoms with E-state index < -0.39 is 7.82 Å². The first-order chi connectivity index (χ1) is 12.7. The molecule has 140 valence electrons. The Balaban J connectivity index is 2.46. The summed E-state index contributed by atoms with van der Waals surface area (Å²) in [7, 11) is -4.72. The Morgan fingerprint density at radius 2 is 1.26 bits per heavy atom. The molecule has 0 fully saturated rings. The molecule has 0 heterocycles. The Hall–Kier alpha value is -2.39. The van der Waals surface area contributed by atoms with Crippen LogP contribution in [0.3, 0.4) is 0 Å². The summed E-state index contributed by atoms with van der Waals surface area (Å²) < 4.78 is 16.9. The van der Waals surface area contributed by atoms with E-state index in [2.05, 4.69) is 6.07 Å². The van der Waals surface area contributed by atoms with Crippen molar-refractivity contribution in [3.05, 3.63) is 76.9 Å². The minimum atomic E-state index is -4.72. The van der Waals surface area contributed by atoms with Crippen molar-refractivity contribution < 1.29 is 18.9 Å². The van der Waals surface area contributed by atoms with Crippen molar-refractivity contribution in [1.82, 2.24) is 0 Å². The zero-order chi connectivity index (χ0) is 19.8. The van der Waals surface area contributed by atoms with Gasteiger partial charge < -0.3 is 4.52 Å². The van der Waals surface area contributed by atoms with Crippen LogP contribution in [0.15, 0.2) is 54.6 Å². The van der Waals surface area contributed by atoms with Gasteiger partial charge in [-0.15, -0.1) is 0 Å². The predicted octanol–water partition coefficient (Wildman–Crippen LogP) is 5.73. The Kier molecular flexibility index (Phi) is 5.25. The van der Waals surface area contributed by atoms with Crippen LogP contribution in [0.4, 0.5) is 0 Å². The molecule has 4 nitrogen and oxygen atoms in total. The van der Waals surface area contributed by atoms with Crippen LogP contribution < -0.4 is 4.52 Å². The lowest BCUT2D eigenvalue weighted by molar-refractivity contribution is 0.283. The molecule has 0 bridgehead atoms. The molecule has 2 N–H and O–H groups in total. The molecule has 5 heteroatoms. The van der Waals surface area contributed by atoms with Crippen LogP contribution in [0.2, 0.25) is 0 Å². The van der Waals surface area contributed by atoms with Gasteiger partial charge in [0, 0.05) is 5.56 Å². The number of phosphoric ester groups is 1. The lowest BCUT2D eigenvalue weighted by Gasteiger charge is -2.22. The number of phosphoric acid groups is 1. The topological polar surface area (TPSA) is 66.8 Å². The van der Waals surface area contributed by atoms with Gasteiger partial charge in [0.25, 0.3) is 0 Å². The van der Waals surface area contributed by atoms with Crippen molar-refractivity contribution in [2.75, 3.05) is 0 Å². The average molecular weight is 382 g/mol. The van der Waals surface area contributed by atoms with E-state index in [0.29, 0.717) is 11.1 Å². The molecule has 0 radical (unpaired) electrons. The van der Waals surface area contributed by atoms with Crippen molar-refractivity contribution in [2.24, 2.45) is 0 Å². The van der Waals surface area contributed by atoms with Gasteiger partial charge in [-0.05, 0) is 66.6 Å². The Labute approximate surface area is 159 Å². The number of hydrogen-bond acceptors (Lipinski definition) is 2. The third-order valence-electron chi connectivity index (χ3n) is 4.85. The zero-order valence-electron chi connectivity index (χ0n) is 15.9. The van der Waals surface area contributed by atoms with Gasteiger partial charge in [0.15, 0.2) is 0 Å². The van der Waals surface area contributed by atoms with E-state index in [4.69, 9.17) is 4.52 Å². The third-order valence-corrected chi connectivity index (χ3v) is 5.27. The molecular formula is C22H23O4P. The summed E-state index contributed by atoms with van der Waals surface area (Å²) in [5.41, 5.74) is 7.21. The summed E-state index contributed by atoms with van der Waals surface area (Å²) in [6.45, 7) is 7.75. The third kappa shape index (κ3) is 3.98. The summed E-state index contributed by atoms with van der Waals surface area (Å²) in [6.07, 6.45) is 0. The first-order valence-corrected chi connectivity index (χ1v) is 10.2. The molecule has 0 atom stereocenters. The van der Waals surface area contributed by atoms with Crippen LogP contribution in [0.1, 0.15) is 22.3 Å². The minimum absolute atomic E-state index is 0.232. The van der Waals surface area contributed by atoms with Crippen LogP contribution in [0.25, 0.3) is 22.3 Å². The largest absolute Gasteiger partial charge is 0.524 e. The van der Waals surface area contributed by atoms with Gasteiger partial charge in [-0.1, -0.05) is 54.6 Å². The number of benzene rings is 3. The van der Waals surface area contributed by atoms with Gasteiger partial charge >= 0.3 is 7.82 Å². The maximum atomic E-state index is 11.7. The molecule has 0 aliphatic carbocycles. The SMILES string of the molecule is Cc1ccccc1-c1cc(C)c(C)c(OP(=O)(O)O)c1-c1ccccc1C. The van der Waals surface area contributed by atoms with Crippen LogP contribution in [-0.2, 0) is 4.57 Å². The van der Waals surface area contributed by atoms with Crippen molar-refractivity contribution in [3.63, 3.8) is 0 Å². The Bertz CT molecular complexity index is 1050. The fourth-order valence-corrected chi connectivity index (χ4v) is 3.79. The van der Waals surface area contributed by atoms with Crippen molar-refractivity contribution in [2.45, 2.75) is 27.7 Å². The molecule has 0 saturated carbocycles. The Morgan fingerprint density at radius 3 is 1.78 bits per heavy atom. The highest BCUT2D eigenvalue weighted by atomic mass is 31.2. The number of aryl methyl sites for hydroxylation is 3. The van der Waals surface area contributed by atoms with E-state index in [1.54, 1.807) is 0 Å². The summed E-state index contributed by atoms with van der Waals surface area (Å²) in [4.78, 5) is 19.1. The fraction of sp³-hybridized carbons (Fsp3) is 0.182. The maximum absolute atomic E-state index is 11.7. The second-order valence-electron chi connectivity index (χ2n) is 6.78. The molecule has 3 aromatic rings. The standard InChI is InChI=1S/C22H23O4P/c1-14-9-5-7-11-18(14)20-13-16(3)17(4)22(26-27(23,24)25)21(20)19-12-8-6-10-15(19)2/h5-13H,1-4H3,(H2,23,24,25). The first kappa shape index (κ1) is 19.4. The monoisotopic (exact) mass is 382 g/mol. The van der Waals surface area contributed by atoms with Crippen LogP contribution >= 0.6 is 7.82 Å². The molecule has 0 aliphatic rings. The van der Waals surface area contributed by atoms with E-state index in [1.165, 1.54) is 0 Å². The summed E-state index contributed by atoms with van der Waals surface area (Å²) in [5.74, 6) is 0.232. The van der Waals surface area contributed by atoms with Gasteiger partial charge in [-0.2, -0.15) is 0 Å². The molecular weight excluding hydrogens is 359 g/mol. The van der Waals surface area contributed by atoms with Gasteiger partial charge in [-0.25, -0.2) is 4.57 Å². The van der Waals surface area contributed by atoms with Crippen LogP contribution in [0, 0.1) is 27.7 Å². The summed E-state index contributed by atoms with van der Waals surface area (Å²) >= 11 is 0. The van der Waals surface area contributed by atoms with Gasteiger partial charge in [0.05, 0.1) is 0 Å². The molecule has 0 aromatic heterocycles. The normalized spacial score (nSPS) is 11.5. The lowest BCUT2D eigenvalue weighted by atomic mass is 9.86. The van der Waals surface area contributed by atoms with E-state index in [0.717, 1.165) is 33.4 Å². The van der Waals surface area contributed by atoms with E-state index in [-0.39, 0.29) is 5.75 Å². The highest BCUT2D eigenvalue weighted by Gasteiger charge is 2.25. The quantitative estimate of drug-likeness (QED) is 0.566. The zero-order valence-corrected chi connectivity index (χ0v) is 16.7. The fourth-order valence-electron chi connectivity index (χ4n) is 3.33. The molecule has 27 heavy (non-hydrogen) atoms. The lowest BCUT2D eigenvalue weighted by Crippen LogP contribution is -2.01. The molecule has 0 aliphatic heterocycles. The maximum Gasteiger partial charge on any atom is 0.524 e. The molecule has 0 amide bonds. The van der Waals surface area contributed by atoms with Crippen molar-refractivity contribution >= 4 is 7.82 Å². The van der Waals surface area contributed by atoms with Crippen LogP contribution in [-0.4, -0.2) is 9.79 Å². The number of rotatable bonds is 4. The highest BCUT2D eigenvalue weighted by molar-refractivity contribution is 7.46. The summed E-state index contributed by atoms with van der Waals surface area (Å²) in [6, 6.07) is 17.8. The minimum Gasteiger partial charge on any atom is -0.403 e. The first-order valence-electron chi connectivity index (χ1n) is 8.70. The molecule has 0 saturated heterocycles. The van der Waals surface area contributed by atoms with Gasteiger partial charge in [0.2, 0.25) is 0 Å². The summed E-state index contributed by atoms with van der Waals surface area (Å²) in [5, 5.41) is 0. The van der Waals surface area contributed by atoms with Gasteiger partial charge in [-0.3, -0.25) is 9.79 Å². The van der Waals surface area contributed by atoms with Crippen molar-refractivity contribution in [1.29, 1.82) is 0 Å². The van der Waals surface area contributed by atoms with Crippen molar-refractivity contribution in [3.8, 4) is 28.0 Å². The second-order valence-corrected chi connectivity index (χ2v) is 7.95. The highest BCUT2D eigenvalue weighted by Crippen LogP contribution is 2.49. The van der Waals surface area contributed by atoms with E-state index in [9.17, 15) is 14.4 Å². The second kappa shape index (κ2) is 7.32. The smallest absolute Gasteiger partial charge is 0.403 e. The molecule has 0 spiro atoms. The molecule has 3 rings (SSSR count). The number of hydrogen-bond donors (Lipinski definition) is 2.